The maximum absolute atomic E-state index is 5.66. The van der Waals surface area contributed by atoms with E-state index in [2.05, 4.69) is 74.8 Å². The summed E-state index contributed by atoms with van der Waals surface area (Å²) >= 11 is 0. The predicted octanol–water partition coefficient (Wildman–Crippen LogP) is 3.53. The number of fused-ring (bicyclic) bond motifs is 2. The van der Waals surface area contributed by atoms with E-state index in [1.54, 1.807) is 0 Å². The van der Waals surface area contributed by atoms with Gasteiger partial charge in [-0.15, -0.1) is 0 Å². The summed E-state index contributed by atoms with van der Waals surface area (Å²) in [5, 5.41) is 9.95. The van der Waals surface area contributed by atoms with Crippen molar-refractivity contribution in [2.24, 2.45) is 5.16 Å². The molecular formula is C20H23N2O+. The largest absolute Gasteiger partial charge is 0.389 e. The average Bonchev–Trinajstić information content (AvgIpc) is 2.68. The molecule has 0 bridgehead atoms. The zero-order valence-electron chi connectivity index (χ0n) is 14.0. The third kappa shape index (κ3) is 3.69. The topological polar surface area (TPSA) is 21.6 Å². The second-order valence-corrected chi connectivity index (χ2v) is 6.79. The molecule has 0 spiro atoms. The predicted molar refractivity (Wildman–Crippen MR) is 95.9 cm³/mol. The number of nitrogens with zero attached hydrogens (tertiary/aromatic N) is 2. The van der Waals surface area contributed by atoms with Gasteiger partial charge in [-0.3, -0.25) is 0 Å². The van der Waals surface area contributed by atoms with E-state index in [0.717, 1.165) is 37.9 Å². The highest BCUT2D eigenvalue weighted by atomic mass is 16.6. The van der Waals surface area contributed by atoms with Crippen LogP contribution in [0.1, 0.15) is 0 Å². The van der Waals surface area contributed by atoms with Gasteiger partial charge in [0, 0.05) is 10.8 Å². The SMILES string of the molecule is C[N+](C)(C)CCON=c1c2ccccc2ccc2ccccc12. The van der Waals surface area contributed by atoms with Crippen molar-refractivity contribution in [2.45, 2.75) is 0 Å². The van der Waals surface area contributed by atoms with E-state index in [4.69, 9.17) is 4.84 Å². The molecule has 0 heterocycles. The molecule has 0 unspecified atom stereocenters. The van der Waals surface area contributed by atoms with Crippen LogP contribution in [0.5, 0.6) is 0 Å². The summed E-state index contributed by atoms with van der Waals surface area (Å²) in [6, 6.07) is 20.9. The van der Waals surface area contributed by atoms with Crippen LogP contribution in [-0.2, 0) is 4.84 Å². The Morgan fingerprint density at radius 1 is 0.783 bits per heavy atom. The van der Waals surface area contributed by atoms with E-state index in [0.29, 0.717) is 6.61 Å². The molecular weight excluding hydrogens is 284 g/mol. The smallest absolute Gasteiger partial charge is 0.165 e. The van der Waals surface area contributed by atoms with Gasteiger partial charge in [-0.2, -0.15) is 0 Å². The minimum atomic E-state index is 0.602. The summed E-state index contributed by atoms with van der Waals surface area (Å²) in [6.45, 7) is 1.52. The van der Waals surface area contributed by atoms with Crippen LogP contribution in [-0.4, -0.2) is 38.8 Å². The highest BCUT2D eigenvalue weighted by molar-refractivity contribution is 5.92. The van der Waals surface area contributed by atoms with Crippen LogP contribution in [0, 0.1) is 0 Å². The fourth-order valence-electron chi connectivity index (χ4n) is 2.56. The highest BCUT2D eigenvalue weighted by Gasteiger charge is 2.06. The lowest BCUT2D eigenvalue weighted by Crippen LogP contribution is -2.37. The van der Waals surface area contributed by atoms with Gasteiger partial charge in [0.05, 0.1) is 21.1 Å². The molecule has 3 rings (SSSR count). The summed E-state index contributed by atoms with van der Waals surface area (Å²) in [6.07, 6.45) is 0. The van der Waals surface area contributed by atoms with E-state index in [1.807, 2.05) is 12.1 Å². The van der Waals surface area contributed by atoms with E-state index >= 15 is 0 Å². The fraction of sp³-hybridized carbons (Fsp3) is 0.250. The Morgan fingerprint density at radius 2 is 1.30 bits per heavy atom. The van der Waals surface area contributed by atoms with Crippen LogP contribution < -0.4 is 5.36 Å². The van der Waals surface area contributed by atoms with Crippen LogP contribution >= 0.6 is 0 Å². The second-order valence-electron chi connectivity index (χ2n) is 6.79. The first-order valence-corrected chi connectivity index (χ1v) is 7.92. The van der Waals surface area contributed by atoms with Gasteiger partial charge >= 0.3 is 0 Å². The lowest BCUT2D eigenvalue weighted by Gasteiger charge is -2.22. The second kappa shape index (κ2) is 6.39. The van der Waals surface area contributed by atoms with Crippen molar-refractivity contribution in [3.05, 3.63) is 66.0 Å². The van der Waals surface area contributed by atoms with E-state index in [9.17, 15) is 0 Å². The molecule has 3 aromatic carbocycles. The van der Waals surface area contributed by atoms with Crippen molar-refractivity contribution < 1.29 is 9.32 Å². The molecule has 0 atom stereocenters. The van der Waals surface area contributed by atoms with Crippen molar-refractivity contribution in [3.63, 3.8) is 0 Å². The summed E-state index contributed by atoms with van der Waals surface area (Å²) in [4.78, 5) is 5.66. The van der Waals surface area contributed by atoms with Crippen molar-refractivity contribution in [1.29, 1.82) is 0 Å². The standard InChI is InChI=1S/C20H23N2O/c1-22(2,3)14-15-23-21-20-18-10-6-4-8-16(18)12-13-17-9-5-7-11-19(17)20/h4-13H,14-15H2,1-3H3/q+1. The average molecular weight is 307 g/mol. The minimum absolute atomic E-state index is 0.602. The molecule has 0 N–H and O–H groups in total. The van der Waals surface area contributed by atoms with Crippen LogP contribution in [0.15, 0.2) is 65.8 Å². The van der Waals surface area contributed by atoms with Gasteiger partial charge in [-0.05, 0) is 10.8 Å². The lowest BCUT2D eigenvalue weighted by molar-refractivity contribution is -0.870. The van der Waals surface area contributed by atoms with Gasteiger partial charge in [-0.1, -0.05) is 65.8 Å². The first-order chi connectivity index (χ1) is 11.0. The van der Waals surface area contributed by atoms with Crippen LogP contribution in [0.2, 0.25) is 0 Å². The zero-order valence-corrected chi connectivity index (χ0v) is 14.0. The summed E-state index contributed by atoms with van der Waals surface area (Å²) in [5.74, 6) is 0. The van der Waals surface area contributed by atoms with Gasteiger partial charge in [0.1, 0.15) is 11.9 Å². The molecule has 0 fully saturated rings. The fourth-order valence-corrected chi connectivity index (χ4v) is 2.56. The molecule has 0 aliphatic carbocycles. The van der Waals surface area contributed by atoms with Crippen molar-refractivity contribution >= 4 is 21.5 Å². The molecule has 0 aliphatic rings. The highest BCUT2D eigenvalue weighted by Crippen LogP contribution is 2.15. The molecule has 118 valence electrons. The van der Waals surface area contributed by atoms with Gasteiger partial charge in [-0.25, -0.2) is 0 Å². The third-order valence-corrected chi connectivity index (χ3v) is 3.88. The molecule has 23 heavy (non-hydrogen) atoms. The number of hydrogen-bond acceptors (Lipinski definition) is 2. The minimum Gasteiger partial charge on any atom is -0.389 e. The van der Waals surface area contributed by atoms with Crippen molar-refractivity contribution in [2.75, 3.05) is 34.3 Å². The first kappa shape index (κ1) is 15.5. The first-order valence-electron chi connectivity index (χ1n) is 7.92. The Kier molecular flexibility index (Phi) is 4.30. The number of rotatable bonds is 4. The Hall–Kier alpha value is -2.39. The summed E-state index contributed by atoms with van der Waals surface area (Å²) < 4.78 is 0.861. The third-order valence-electron chi connectivity index (χ3n) is 3.88. The Labute approximate surface area is 137 Å². The Morgan fingerprint density at radius 3 is 1.83 bits per heavy atom. The maximum Gasteiger partial charge on any atom is 0.165 e. The van der Waals surface area contributed by atoms with Crippen LogP contribution in [0.4, 0.5) is 0 Å². The van der Waals surface area contributed by atoms with Crippen molar-refractivity contribution in [3.8, 4) is 0 Å². The van der Waals surface area contributed by atoms with Gasteiger partial charge in [0.15, 0.2) is 6.61 Å². The number of likely N-dealkylation sites (N-methyl/N-ethyl adjacent to an activating group) is 1. The summed E-state index contributed by atoms with van der Waals surface area (Å²) in [7, 11) is 6.45. The number of quaternary nitrogens is 1. The molecule has 3 nitrogen and oxygen atoms in total. The lowest BCUT2D eigenvalue weighted by atomic mass is 10.1. The van der Waals surface area contributed by atoms with E-state index < -0.39 is 0 Å². The molecule has 0 saturated carbocycles. The molecule has 0 aromatic heterocycles. The van der Waals surface area contributed by atoms with Gasteiger partial charge < -0.3 is 9.32 Å². The normalized spacial score (nSPS) is 11.6. The zero-order chi connectivity index (χ0) is 16.3. The monoisotopic (exact) mass is 307 g/mol. The van der Waals surface area contributed by atoms with Crippen LogP contribution in [0.25, 0.3) is 21.5 Å². The maximum atomic E-state index is 5.66. The molecule has 3 heteroatoms. The molecule has 0 aliphatic heterocycles. The van der Waals surface area contributed by atoms with Crippen molar-refractivity contribution in [1.82, 2.24) is 0 Å². The molecule has 0 saturated heterocycles. The molecule has 3 aromatic rings. The molecule has 0 radical (unpaired) electrons. The number of hydrogen-bond donors (Lipinski definition) is 0. The Bertz CT molecular complexity index is 833. The van der Waals surface area contributed by atoms with E-state index in [1.165, 1.54) is 0 Å². The molecule has 0 amide bonds. The van der Waals surface area contributed by atoms with E-state index in [-0.39, 0.29) is 0 Å². The Balaban J connectivity index is 2.15. The van der Waals surface area contributed by atoms with Crippen LogP contribution in [0.3, 0.4) is 0 Å². The number of benzene rings is 2. The summed E-state index contributed by atoms with van der Waals surface area (Å²) in [5.41, 5.74) is 0. The quantitative estimate of drug-likeness (QED) is 0.410. The van der Waals surface area contributed by atoms with Gasteiger partial charge in [0.25, 0.3) is 0 Å². The van der Waals surface area contributed by atoms with Gasteiger partial charge in [0.2, 0.25) is 0 Å².